The van der Waals surface area contributed by atoms with E-state index in [4.69, 9.17) is 0 Å². The average molecular weight is 323 g/mol. The van der Waals surface area contributed by atoms with E-state index in [1.54, 1.807) is 0 Å². The van der Waals surface area contributed by atoms with Crippen LogP contribution in [0.4, 0.5) is 0 Å². The van der Waals surface area contributed by atoms with Crippen molar-refractivity contribution in [3.05, 3.63) is 60.4 Å². The maximum Gasteiger partial charge on any atom is 0.191 e. The molecule has 0 unspecified atom stereocenters. The molecule has 5 nitrogen and oxygen atoms in total. The molecule has 24 heavy (non-hydrogen) atoms. The number of rotatable bonds is 6. The molecule has 2 aromatic rings. The maximum absolute atomic E-state index is 4.68. The van der Waals surface area contributed by atoms with Gasteiger partial charge in [0.15, 0.2) is 5.96 Å². The van der Waals surface area contributed by atoms with Gasteiger partial charge in [-0.3, -0.25) is 4.99 Å². The molecule has 0 spiro atoms. The van der Waals surface area contributed by atoms with Gasteiger partial charge in [0.05, 0.1) is 11.9 Å². The number of nitrogens with zero attached hydrogens (tertiary/aromatic N) is 3. The second-order valence-corrected chi connectivity index (χ2v) is 5.92. The number of benzene rings is 1. The predicted octanol–water partition coefficient (Wildman–Crippen LogP) is 2.69. The normalized spacial score (nSPS) is 15.0. The van der Waals surface area contributed by atoms with E-state index in [1.807, 2.05) is 29.1 Å². The molecule has 0 saturated carbocycles. The highest BCUT2D eigenvalue weighted by molar-refractivity contribution is 5.80. The Hall–Kier alpha value is -2.56. The summed E-state index contributed by atoms with van der Waals surface area (Å²) in [6.45, 7) is 3.71. The molecule has 1 aromatic carbocycles. The van der Waals surface area contributed by atoms with Crippen LogP contribution < -0.4 is 10.6 Å². The van der Waals surface area contributed by atoms with Gasteiger partial charge in [0.25, 0.3) is 0 Å². The van der Waals surface area contributed by atoms with Gasteiger partial charge in [0.1, 0.15) is 0 Å². The lowest BCUT2D eigenvalue weighted by atomic mass is 10.2. The monoisotopic (exact) mass is 323 g/mol. The van der Waals surface area contributed by atoms with Gasteiger partial charge in [-0.25, -0.2) is 4.68 Å². The third-order valence-corrected chi connectivity index (χ3v) is 4.02. The van der Waals surface area contributed by atoms with E-state index in [9.17, 15) is 0 Å². The molecule has 5 heteroatoms. The second-order valence-electron chi connectivity index (χ2n) is 5.92. The highest BCUT2D eigenvalue weighted by Crippen LogP contribution is 2.09. The van der Waals surface area contributed by atoms with Crippen LogP contribution in [0, 0.1) is 0 Å². The Kier molecular flexibility index (Phi) is 5.66. The molecule has 1 aliphatic rings. The van der Waals surface area contributed by atoms with Gasteiger partial charge in [-0.1, -0.05) is 30.4 Å². The van der Waals surface area contributed by atoms with E-state index in [-0.39, 0.29) is 0 Å². The molecule has 0 saturated heterocycles. The number of hydrogen-bond acceptors (Lipinski definition) is 2. The van der Waals surface area contributed by atoms with Gasteiger partial charge in [0.2, 0.25) is 0 Å². The van der Waals surface area contributed by atoms with Gasteiger partial charge >= 0.3 is 0 Å². The van der Waals surface area contributed by atoms with Crippen LogP contribution in [0.2, 0.25) is 0 Å². The zero-order valence-electron chi connectivity index (χ0n) is 14.2. The number of aliphatic imine (C=N–C) groups is 1. The second kappa shape index (κ2) is 8.34. The van der Waals surface area contributed by atoms with E-state index in [1.165, 1.54) is 5.56 Å². The van der Waals surface area contributed by atoms with E-state index in [0.717, 1.165) is 44.0 Å². The summed E-state index contributed by atoms with van der Waals surface area (Å²) in [7, 11) is 0. The number of guanidine groups is 1. The van der Waals surface area contributed by atoms with Crippen LogP contribution >= 0.6 is 0 Å². The largest absolute Gasteiger partial charge is 0.357 e. The SMILES string of the molecule is CCNC(=NCCc1cnn(-c2ccccc2)c1)NC1CC=CC1. The van der Waals surface area contributed by atoms with Crippen LogP contribution in [-0.4, -0.2) is 34.9 Å². The third-order valence-electron chi connectivity index (χ3n) is 4.02. The van der Waals surface area contributed by atoms with Crippen LogP contribution in [0.25, 0.3) is 5.69 Å². The van der Waals surface area contributed by atoms with Gasteiger partial charge in [0, 0.05) is 25.3 Å². The van der Waals surface area contributed by atoms with Gasteiger partial charge in [-0.05, 0) is 43.9 Å². The molecule has 0 amide bonds. The minimum Gasteiger partial charge on any atom is -0.357 e. The van der Waals surface area contributed by atoms with E-state index in [2.05, 4.69) is 58.1 Å². The summed E-state index contributed by atoms with van der Waals surface area (Å²) in [5.74, 6) is 0.904. The smallest absolute Gasteiger partial charge is 0.191 e. The quantitative estimate of drug-likeness (QED) is 0.488. The van der Waals surface area contributed by atoms with Gasteiger partial charge in [-0.2, -0.15) is 5.10 Å². The molecule has 0 radical (unpaired) electrons. The van der Waals surface area contributed by atoms with Crippen molar-refractivity contribution in [3.63, 3.8) is 0 Å². The molecule has 1 heterocycles. The zero-order valence-corrected chi connectivity index (χ0v) is 14.2. The highest BCUT2D eigenvalue weighted by Gasteiger charge is 2.11. The van der Waals surface area contributed by atoms with Crippen molar-refractivity contribution in [1.29, 1.82) is 0 Å². The molecular formula is C19H25N5. The van der Waals surface area contributed by atoms with Crippen molar-refractivity contribution in [3.8, 4) is 5.69 Å². The van der Waals surface area contributed by atoms with Crippen molar-refractivity contribution in [1.82, 2.24) is 20.4 Å². The Morgan fingerprint density at radius 1 is 1.25 bits per heavy atom. The minimum atomic E-state index is 0.476. The van der Waals surface area contributed by atoms with Crippen molar-refractivity contribution in [2.45, 2.75) is 32.2 Å². The maximum atomic E-state index is 4.68. The fraction of sp³-hybridized carbons (Fsp3) is 0.368. The molecule has 1 aromatic heterocycles. The average Bonchev–Trinajstić information content (AvgIpc) is 3.28. The summed E-state index contributed by atoms with van der Waals surface area (Å²) in [4.78, 5) is 4.68. The fourth-order valence-corrected chi connectivity index (χ4v) is 2.76. The molecule has 0 aliphatic heterocycles. The Morgan fingerprint density at radius 3 is 2.79 bits per heavy atom. The number of para-hydroxylation sites is 1. The van der Waals surface area contributed by atoms with Crippen molar-refractivity contribution in [2.24, 2.45) is 4.99 Å². The first-order chi connectivity index (χ1) is 11.8. The third kappa shape index (κ3) is 4.47. The Bertz CT molecular complexity index is 679. The standard InChI is InChI=1S/C19H25N5/c1-2-20-19(23-17-8-6-7-9-17)21-13-12-16-14-22-24(15-16)18-10-4-3-5-11-18/h3-7,10-11,14-15,17H,2,8-9,12-13H2,1H3,(H2,20,21,23). The first-order valence-electron chi connectivity index (χ1n) is 8.64. The molecule has 126 valence electrons. The number of aromatic nitrogens is 2. The van der Waals surface area contributed by atoms with Crippen LogP contribution in [0.1, 0.15) is 25.3 Å². The number of hydrogen-bond donors (Lipinski definition) is 2. The number of nitrogens with one attached hydrogen (secondary N) is 2. The Morgan fingerprint density at radius 2 is 2.04 bits per heavy atom. The van der Waals surface area contributed by atoms with Gasteiger partial charge in [-0.15, -0.1) is 0 Å². The van der Waals surface area contributed by atoms with Crippen LogP contribution in [0.5, 0.6) is 0 Å². The van der Waals surface area contributed by atoms with E-state index in [0.29, 0.717) is 6.04 Å². The molecule has 3 rings (SSSR count). The van der Waals surface area contributed by atoms with Crippen molar-refractivity contribution >= 4 is 5.96 Å². The molecule has 0 fully saturated rings. The van der Waals surface area contributed by atoms with Crippen molar-refractivity contribution < 1.29 is 0 Å². The minimum absolute atomic E-state index is 0.476. The summed E-state index contributed by atoms with van der Waals surface area (Å²) in [5.41, 5.74) is 2.27. The summed E-state index contributed by atoms with van der Waals surface area (Å²) in [5, 5.41) is 11.2. The lowest BCUT2D eigenvalue weighted by molar-refractivity contribution is 0.633. The molecule has 2 N–H and O–H groups in total. The van der Waals surface area contributed by atoms with E-state index >= 15 is 0 Å². The predicted molar refractivity (Wildman–Crippen MR) is 98.5 cm³/mol. The Balaban J connectivity index is 1.54. The fourth-order valence-electron chi connectivity index (χ4n) is 2.76. The summed E-state index contributed by atoms with van der Waals surface area (Å²) in [6, 6.07) is 10.6. The molecule has 0 bridgehead atoms. The zero-order chi connectivity index (χ0) is 16.6. The summed E-state index contributed by atoms with van der Waals surface area (Å²) in [6.07, 6.45) is 11.5. The summed E-state index contributed by atoms with van der Waals surface area (Å²) >= 11 is 0. The van der Waals surface area contributed by atoms with Crippen LogP contribution in [0.15, 0.2) is 59.9 Å². The van der Waals surface area contributed by atoms with Crippen LogP contribution in [0.3, 0.4) is 0 Å². The Labute approximate surface area is 143 Å². The first-order valence-corrected chi connectivity index (χ1v) is 8.64. The van der Waals surface area contributed by atoms with Crippen molar-refractivity contribution in [2.75, 3.05) is 13.1 Å². The van der Waals surface area contributed by atoms with E-state index < -0.39 is 0 Å². The topological polar surface area (TPSA) is 54.2 Å². The molecule has 1 aliphatic carbocycles. The summed E-state index contributed by atoms with van der Waals surface area (Å²) < 4.78 is 1.91. The van der Waals surface area contributed by atoms with Gasteiger partial charge < -0.3 is 10.6 Å². The lowest BCUT2D eigenvalue weighted by Crippen LogP contribution is -2.42. The molecule has 0 atom stereocenters. The first kappa shape index (κ1) is 16.3. The molecular weight excluding hydrogens is 298 g/mol. The van der Waals surface area contributed by atoms with Crippen LogP contribution in [-0.2, 0) is 6.42 Å². The lowest BCUT2D eigenvalue weighted by Gasteiger charge is -2.16. The highest BCUT2D eigenvalue weighted by atomic mass is 15.3.